The fraction of sp³-hybridized carbons (Fsp3) is 0.721. The largest absolute Gasteiger partial charge is 0.462 e. The molecule has 0 saturated heterocycles. The molecule has 0 aliphatic carbocycles. The van der Waals surface area contributed by atoms with Crippen LogP contribution in [0.3, 0.4) is 0 Å². The summed E-state index contributed by atoms with van der Waals surface area (Å²) in [4.78, 5) is 24.2. The van der Waals surface area contributed by atoms with E-state index < -0.39 is 6.10 Å². The van der Waals surface area contributed by atoms with Gasteiger partial charge in [-0.2, -0.15) is 0 Å². The highest BCUT2D eigenvalue weighted by atomic mass is 16.6. The van der Waals surface area contributed by atoms with E-state index in [2.05, 4.69) is 74.6 Å². The molecule has 1 atom stereocenters. The monoisotopic (exact) mass is 671 g/mol. The smallest absolute Gasteiger partial charge is 0.306 e. The summed E-state index contributed by atoms with van der Waals surface area (Å²) in [5.41, 5.74) is 0. The maximum atomic E-state index is 12.1. The Kier molecular flexibility index (Phi) is 37.1. The number of ether oxygens (including phenoxy) is 2. The van der Waals surface area contributed by atoms with Crippen LogP contribution in [0.15, 0.2) is 60.8 Å². The van der Waals surface area contributed by atoms with Crippen LogP contribution in [0, 0.1) is 0 Å². The van der Waals surface area contributed by atoms with E-state index in [4.69, 9.17) is 9.47 Å². The predicted octanol–water partition coefficient (Wildman–Crippen LogP) is 12.4. The number of carbonyl (C=O) groups is 2. The van der Waals surface area contributed by atoms with Crippen molar-refractivity contribution >= 4 is 11.9 Å². The average molecular weight is 671 g/mol. The number of hydrogen-bond acceptors (Lipinski definition) is 5. The van der Waals surface area contributed by atoms with Crippen LogP contribution < -0.4 is 0 Å². The van der Waals surface area contributed by atoms with E-state index in [1.54, 1.807) is 0 Å². The lowest BCUT2D eigenvalue weighted by atomic mass is 10.1. The van der Waals surface area contributed by atoms with E-state index in [0.717, 1.165) is 70.6 Å². The number of aliphatic hydroxyl groups excluding tert-OH is 1. The molecule has 276 valence electrons. The molecule has 0 aromatic rings. The summed E-state index contributed by atoms with van der Waals surface area (Å²) in [5.74, 6) is -0.633. The van der Waals surface area contributed by atoms with Gasteiger partial charge in [0.25, 0.3) is 0 Å². The number of carbonyl (C=O) groups excluding carboxylic acids is 2. The fourth-order valence-corrected chi connectivity index (χ4v) is 5.30. The molecule has 48 heavy (non-hydrogen) atoms. The zero-order valence-corrected chi connectivity index (χ0v) is 31.2. The Hall–Kier alpha value is -2.40. The lowest BCUT2D eigenvalue weighted by molar-refractivity contribution is -0.161. The molecule has 1 N–H and O–H groups in total. The van der Waals surface area contributed by atoms with E-state index in [1.807, 2.05) is 0 Å². The Morgan fingerprint density at radius 1 is 0.500 bits per heavy atom. The van der Waals surface area contributed by atoms with E-state index in [-0.39, 0.29) is 25.2 Å². The predicted molar refractivity (Wildman–Crippen MR) is 205 cm³/mol. The maximum absolute atomic E-state index is 12.1. The highest BCUT2D eigenvalue weighted by Crippen LogP contribution is 2.13. The first kappa shape index (κ1) is 45.6. The van der Waals surface area contributed by atoms with Crippen LogP contribution in [-0.2, 0) is 19.1 Å². The van der Waals surface area contributed by atoms with Crippen molar-refractivity contribution in [3.63, 3.8) is 0 Å². The van der Waals surface area contributed by atoms with Gasteiger partial charge in [0.2, 0.25) is 0 Å². The van der Waals surface area contributed by atoms with Gasteiger partial charge in [-0.15, -0.1) is 0 Å². The Morgan fingerprint density at radius 2 is 0.896 bits per heavy atom. The lowest BCUT2D eigenvalue weighted by Gasteiger charge is -2.15. The minimum absolute atomic E-state index is 0.0820. The van der Waals surface area contributed by atoms with Gasteiger partial charge >= 0.3 is 11.9 Å². The van der Waals surface area contributed by atoms with Gasteiger partial charge in [-0.1, -0.05) is 152 Å². The third-order valence-corrected chi connectivity index (χ3v) is 8.30. The minimum atomic E-state index is -0.789. The summed E-state index contributed by atoms with van der Waals surface area (Å²) in [6.07, 6.45) is 50.0. The third kappa shape index (κ3) is 36.4. The fourth-order valence-electron chi connectivity index (χ4n) is 5.30. The summed E-state index contributed by atoms with van der Waals surface area (Å²) < 4.78 is 10.6. The van der Waals surface area contributed by atoms with Crippen molar-refractivity contribution in [1.29, 1.82) is 0 Å². The molecule has 0 aliphatic rings. The molecule has 1 unspecified atom stereocenters. The van der Waals surface area contributed by atoms with Gasteiger partial charge in [-0.05, 0) is 77.0 Å². The van der Waals surface area contributed by atoms with Gasteiger partial charge in [-0.25, -0.2) is 0 Å². The van der Waals surface area contributed by atoms with Gasteiger partial charge < -0.3 is 14.6 Å². The van der Waals surface area contributed by atoms with Gasteiger partial charge in [0, 0.05) is 12.8 Å². The van der Waals surface area contributed by atoms with E-state index in [1.165, 1.54) is 83.5 Å². The molecule has 0 saturated carbocycles. The van der Waals surface area contributed by atoms with Crippen LogP contribution in [0.25, 0.3) is 0 Å². The van der Waals surface area contributed by atoms with Crippen molar-refractivity contribution < 1.29 is 24.2 Å². The first-order valence-corrected chi connectivity index (χ1v) is 19.8. The van der Waals surface area contributed by atoms with Gasteiger partial charge in [0.1, 0.15) is 6.61 Å². The summed E-state index contributed by atoms with van der Waals surface area (Å²) >= 11 is 0. The van der Waals surface area contributed by atoms with E-state index in [0.29, 0.717) is 12.8 Å². The first-order chi connectivity index (χ1) is 23.6. The summed E-state index contributed by atoms with van der Waals surface area (Å²) in [5, 5.41) is 9.54. The molecule has 5 nitrogen and oxygen atoms in total. The van der Waals surface area contributed by atoms with Gasteiger partial charge in [0.15, 0.2) is 6.10 Å². The number of hydrogen-bond donors (Lipinski definition) is 1. The molecule has 0 radical (unpaired) electrons. The summed E-state index contributed by atoms with van der Waals surface area (Å²) in [6, 6.07) is 0. The van der Waals surface area contributed by atoms with Crippen LogP contribution in [0.5, 0.6) is 0 Å². The number of unbranched alkanes of at least 4 members (excludes halogenated alkanes) is 17. The van der Waals surface area contributed by atoms with Gasteiger partial charge in [0.05, 0.1) is 6.61 Å². The minimum Gasteiger partial charge on any atom is -0.462 e. The van der Waals surface area contributed by atoms with Crippen molar-refractivity contribution in [2.45, 2.75) is 187 Å². The SMILES string of the molecule is CC/C=C\C/C=C\C/C=C\CCCCCC(=O)OC(CO)COC(=O)CCCCCCCCCCC/C=C\C/C=C\CCCCCCC. The zero-order chi connectivity index (χ0) is 35.0. The topological polar surface area (TPSA) is 72.8 Å². The molecule has 0 fully saturated rings. The second-order valence-electron chi connectivity index (χ2n) is 13.0. The first-order valence-electron chi connectivity index (χ1n) is 19.8. The Balaban J connectivity index is 3.59. The normalized spacial score (nSPS) is 12.8. The third-order valence-electron chi connectivity index (χ3n) is 8.30. The number of aliphatic hydroxyl groups is 1. The van der Waals surface area contributed by atoms with Crippen LogP contribution in [0.4, 0.5) is 0 Å². The Labute approximate surface area is 296 Å². The van der Waals surface area contributed by atoms with Crippen molar-refractivity contribution in [1.82, 2.24) is 0 Å². The van der Waals surface area contributed by atoms with E-state index in [9.17, 15) is 14.7 Å². The van der Waals surface area contributed by atoms with Crippen LogP contribution >= 0.6 is 0 Å². The molecule has 0 spiro atoms. The van der Waals surface area contributed by atoms with E-state index >= 15 is 0 Å². The summed E-state index contributed by atoms with van der Waals surface area (Å²) in [7, 11) is 0. The van der Waals surface area contributed by atoms with Gasteiger partial charge in [-0.3, -0.25) is 9.59 Å². The molecule has 0 amide bonds. The molecular formula is C43H74O5. The Morgan fingerprint density at radius 3 is 1.38 bits per heavy atom. The zero-order valence-electron chi connectivity index (χ0n) is 31.2. The lowest BCUT2D eigenvalue weighted by Crippen LogP contribution is -2.28. The molecule has 5 heteroatoms. The molecule has 0 heterocycles. The van der Waals surface area contributed by atoms with Crippen molar-refractivity contribution in [3.8, 4) is 0 Å². The second kappa shape index (κ2) is 39.0. The molecule has 0 rings (SSSR count). The quantitative estimate of drug-likeness (QED) is 0.0413. The molecule has 0 aromatic heterocycles. The van der Waals surface area contributed by atoms with Crippen LogP contribution in [0.2, 0.25) is 0 Å². The highest BCUT2D eigenvalue weighted by Gasteiger charge is 2.16. The molecule has 0 aromatic carbocycles. The second-order valence-corrected chi connectivity index (χ2v) is 13.0. The number of esters is 2. The molecule has 0 aliphatic heterocycles. The van der Waals surface area contributed by atoms with Crippen molar-refractivity contribution in [3.05, 3.63) is 60.8 Å². The molecular weight excluding hydrogens is 596 g/mol. The number of rotatable bonds is 35. The average Bonchev–Trinajstić information content (AvgIpc) is 3.09. The number of allylic oxidation sites excluding steroid dienone is 10. The van der Waals surface area contributed by atoms with Crippen molar-refractivity contribution in [2.75, 3.05) is 13.2 Å². The standard InChI is InChI=1S/C43H74O5/c1-3-5-7-9-11-13-15-17-18-19-20-21-22-23-24-26-27-29-31-33-35-37-42(45)47-40-41(39-44)48-43(46)38-36-34-32-30-28-25-16-14-12-10-8-6-4-2/h6,8,12,14-15,17,19-20,25,28,41,44H,3-5,7,9-11,13,16,18,21-24,26-27,29-40H2,1-2H3/b8-6-,14-12-,17-15-,20-19-,28-25-. The van der Waals surface area contributed by atoms with Crippen LogP contribution in [-0.4, -0.2) is 36.4 Å². The summed E-state index contributed by atoms with van der Waals surface area (Å²) in [6.45, 7) is 3.97. The molecule has 0 bridgehead atoms. The van der Waals surface area contributed by atoms with Crippen LogP contribution in [0.1, 0.15) is 181 Å². The maximum Gasteiger partial charge on any atom is 0.306 e. The Bertz CT molecular complexity index is 853. The van der Waals surface area contributed by atoms with Crippen molar-refractivity contribution in [2.24, 2.45) is 0 Å². The highest BCUT2D eigenvalue weighted by molar-refractivity contribution is 5.70.